The van der Waals surface area contributed by atoms with E-state index < -0.39 is 11.8 Å². The first-order valence-corrected chi connectivity index (χ1v) is 7.54. The van der Waals surface area contributed by atoms with E-state index >= 15 is 0 Å². The summed E-state index contributed by atoms with van der Waals surface area (Å²) < 4.78 is 7.21. The van der Waals surface area contributed by atoms with E-state index in [-0.39, 0.29) is 0 Å². The molecule has 0 saturated heterocycles. The summed E-state index contributed by atoms with van der Waals surface area (Å²) in [6, 6.07) is 15.8. The minimum absolute atomic E-state index is 0.299. The number of aromatic nitrogens is 2. The highest BCUT2D eigenvalue weighted by Crippen LogP contribution is 2.18. The second-order valence-electron chi connectivity index (χ2n) is 5.21. The van der Waals surface area contributed by atoms with E-state index in [4.69, 9.17) is 4.74 Å². The van der Waals surface area contributed by atoms with Gasteiger partial charge in [-0.2, -0.15) is 0 Å². The third-order valence-corrected chi connectivity index (χ3v) is 3.43. The quantitative estimate of drug-likeness (QED) is 0.716. The Morgan fingerprint density at radius 2 is 1.72 bits per heavy atom. The fourth-order valence-corrected chi connectivity index (χ4v) is 2.13. The van der Waals surface area contributed by atoms with Crippen molar-refractivity contribution in [3.8, 4) is 11.6 Å². The predicted molar refractivity (Wildman–Crippen MR) is 91.1 cm³/mol. The number of nitrogens with one attached hydrogen (secondary N) is 2. The second-order valence-corrected chi connectivity index (χ2v) is 5.21. The normalized spacial score (nSPS) is 10.1. The smallest absolute Gasteiger partial charge is 0.286 e. The molecule has 126 valence electrons. The molecule has 3 rings (SSSR count). The largest absolute Gasteiger partial charge is 0.439 e. The van der Waals surface area contributed by atoms with Gasteiger partial charge in [0, 0.05) is 25.5 Å². The van der Waals surface area contributed by atoms with Crippen molar-refractivity contribution in [2.75, 3.05) is 0 Å². The molecule has 0 saturated carbocycles. The topological polar surface area (TPSA) is 85.2 Å². The molecule has 0 spiro atoms. The molecule has 2 heterocycles. The molecule has 0 aliphatic carbocycles. The maximum atomic E-state index is 12.1. The lowest BCUT2D eigenvalue weighted by Gasteiger charge is -2.08. The number of benzene rings is 1. The summed E-state index contributed by atoms with van der Waals surface area (Å²) >= 11 is 0. The zero-order valence-corrected chi connectivity index (χ0v) is 13.5. The van der Waals surface area contributed by atoms with Crippen LogP contribution in [0.2, 0.25) is 0 Å². The first-order chi connectivity index (χ1) is 12.1. The van der Waals surface area contributed by atoms with Gasteiger partial charge < -0.3 is 9.30 Å². The van der Waals surface area contributed by atoms with Crippen LogP contribution in [0.3, 0.4) is 0 Å². The van der Waals surface area contributed by atoms with E-state index in [0.717, 1.165) is 0 Å². The monoisotopic (exact) mass is 336 g/mol. The number of aryl methyl sites for hydroxylation is 1. The minimum Gasteiger partial charge on any atom is -0.439 e. The summed E-state index contributed by atoms with van der Waals surface area (Å²) in [5, 5.41) is 0. The average molecular weight is 336 g/mol. The number of amides is 2. The van der Waals surface area contributed by atoms with Gasteiger partial charge in [0.05, 0.1) is 5.56 Å². The number of hydrogen-bond donors (Lipinski definition) is 2. The van der Waals surface area contributed by atoms with E-state index in [1.54, 1.807) is 54.2 Å². The van der Waals surface area contributed by atoms with Gasteiger partial charge in [-0.25, -0.2) is 4.98 Å². The Labute approximate surface area is 144 Å². The summed E-state index contributed by atoms with van der Waals surface area (Å²) in [5.74, 6) is 0.150. The molecule has 0 aliphatic heterocycles. The molecule has 0 atom stereocenters. The molecule has 2 amide bonds. The van der Waals surface area contributed by atoms with Crippen LogP contribution in [0.15, 0.2) is 67.0 Å². The molecule has 0 radical (unpaired) electrons. The van der Waals surface area contributed by atoms with Crippen LogP contribution in [-0.4, -0.2) is 21.4 Å². The second kappa shape index (κ2) is 7.31. The Morgan fingerprint density at radius 3 is 2.36 bits per heavy atom. The van der Waals surface area contributed by atoms with Crippen molar-refractivity contribution in [3.63, 3.8) is 0 Å². The number of carbonyl (C=O) groups is 2. The zero-order valence-electron chi connectivity index (χ0n) is 13.5. The summed E-state index contributed by atoms with van der Waals surface area (Å²) in [4.78, 5) is 28.1. The molecule has 0 aliphatic rings. The Bertz CT molecular complexity index is 873. The van der Waals surface area contributed by atoms with Crippen molar-refractivity contribution >= 4 is 11.8 Å². The van der Waals surface area contributed by atoms with Crippen LogP contribution in [0.1, 0.15) is 20.8 Å². The molecule has 0 unspecified atom stereocenters. The van der Waals surface area contributed by atoms with Gasteiger partial charge in [-0.15, -0.1) is 0 Å². The number of para-hydroxylation sites is 1. The Kier molecular flexibility index (Phi) is 4.75. The summed E-state index contributed by atoms with van der Waals surface area (Å²) in [5.41, 5.74) is 5.44. The van der Waals surface area contributed by atoms with Crippen LogP contribution in [0.4, 0.5) is 0 Å². The number of hydrogen-bond acceptors (Lipinski definition) is 4. The van der Waals surface area contributed by atoms with E-state index in [0.29, 0.717) is 22.9 Å². The van der Waals surface area contributed by atoms with Crippen LogP contribution >= 0.6 is 0 Å². The summed E-state index contributed by atoms with van der Waals surface area (Å²) in [6.07, 6.45) is 3.12. The Hall–Kier alpha value is -3.61. The molecule has 2 aromatic heterocycles. The first kappa shape index (κ1) is 16.3. The van der Waals surface area contributed by atoms with Gasteiger partial charge in [-0.3, -0.25) is 20.4 Å². The van der Waals surface area contributed by atoms with Gasteiger partial charge in [0.15, 0.2) is 0 Å². The van der Waals surface area contributed by atoms with E-state index in [1.165, 1.54) is 6.20 Å². The van der Waals surface area contributed by atoms with E-state index in [2.05, 4.69) is 15.8 Å². The van der Waals surface area contributed by atoms with Crippen molar-refractivity contribution in [2.45, 2.75) is 0 Å². The third-order valence-electron chi connectivity index (χ3n) is 3.43. The predicted octanol–water partition coefficient (Wildman–Crippen LogP) is 2.29. The Morgan fingerprint density at radius 1 is 0.960 bits per heavy atom. The number of ether oxygens (including phenoxy) is 1. The molecule has 1 aromatic carbocycles. The van der Waals surface area contributed by atoms with E-state index in [9.17, 15) is 9.59 Å². The van der Waals surface area contributed by atoms with Crippen LogP contribution < -0.4 is 15.6 Å². The average Bonchev–Trinajstić information content (AvgIpc) is 3.07. The standard InChI is InChI=1S/C18H16N4O3/c1-22-11-5-8-15(22)18(24)21-20-17(23)13-9-10-16(19-12-13)25-14-6-3-2-4-7-14/h2-12H,1H3,(H,20,23)(H,21,24). The molecule has 0 bridgehead atoms. The van der Waals surface area contributed by atoms with Crippen molar-refractivity contribution < 1.29 is 14.3 Å². The van der Waals surface area contributed by atoms with Gasteiger partial charge in [0.25, 0.3) is 11.8 Å². The van der Waals surface area contributed by atoms with Crippen LogP contribution in [0, 0.1) is 0 Å². The lowest BCUT2D eigenvalue weighted by Crippen LogP contribution is -2.42. The van der Waals surface area contributed by atoms with Crippen molar-refractivity contribution in [2.24, 2.45) is 7.05 Å². The first-order valence-electron chi connectivity index (χ1n) is 7.54. The third kappa shape index (κ3) is 4.03. The van der Waals surface area contributed by atoms with Crippen molar-refractivity contribution in [3.05, 3.63) is 78.2 Å². The highest BCUT2D eigenvalue weighted by atomic mass is 16.5. The maximum absolute atomic E-state index is 12.1. The highest BCUT2D eigenvalue weighted by Gasteiger charge is 2.11. The summed E-state index contributed by atoms with van der Waals surface area (Å²) in [7, 11) is 1.74. The minimum atomic E-state index is -0.471. The molecule has 7 nitrogen and oxygen atoms in total. The zero-order chi connectivity index (χ0) is 17.6. The van der Waals surface area contributed by atoms with Gasteiger partial charge in [-0.05, 0) is 30.3 Å². The van der Waals surface area contributed by atoms with Crippen molar-refractivity contribution in [1.29, 1.82) is 0 Å². The molecule has 7 heteroatoms. The number of hydrazine groups is 1. The summed E-state index contributed by atoms with van der Waals surface area (Å²) in [6.45, 7) is 0. The lowest BCUT2D eigenvalue weighted by molar-refractivity contribution is 0.0842. The molecule has 2 N–H and O–H groups in total. The van der Waals surface area contributed by atoms with Crippen LogP contribution in [0.5, 0.6) is 11.6 Å². The molecule has 0 fully saturated rings. The number of pyridine rings is 1. The molecular formula is C18H16N4O3. The highest BCUT2D eigenvalue weighted by molar-refractivity contribution is 5.98. The molecule has 25 heavy (non-hydrogen) atoms. The van der Waals surface area contributed by atoms with Gasteiger partial charge in [0.1, 0.15) is 11.4 Å². The molecule has 3 aromatic rings. The molecular weight excluding hydrogens is 320 g/mol. The Balaban J connectivity index is 1.57. The van der Waals surface area contributed by atoms with Crippen LogP contribution in [-0.2, 0) is 7.05 Å². The fraction of sp³-hybridized carbons (Fsp3) is 0.0556. The number of nitrogens with zero attached hydrogens (tertiary/aromatic N) is 2. The fourth-order valence-electron chi connectivity index (χ4n) is 2.13. The van der Waals surface area contributed by atoms with E-state index in [1.807, 2.05) is 18.2 Å². The lowest BCUT2D eigenvalue weighted by atomic mass is 10.3. The van der Waals surface area contributed by atoms with Gasteiger partial charge in [-0.1, -0.05) is 18.2 Å². The number of carbonyl (C=O) groups excluding carboxylic acids is 2. The van der Waals surface area contributed by atoms with Crippen LogP contribution in [0.25, 0.3) is 0 Å². The maximum Gasteiger partial charge on any atom is 0.286 e. The number of rotatable bonds is 4. The van der Waals surface area contributed by atoms with Gasteiger partial charge >= 0.3 is 0 Å². The van der Waals surface area contributed by atoms with Gasteiger partial charge in [0.2, 0.25) is 5.88 Å². The SMILES string of the molecule is Cn1cccc1C(=O)NNC(=O)c1ccc(Oc2ccccc2)nc1. The van der Waals surface area contributed by atoms with Crippen molar-refractivity contribution in [1.82, 2.24) is 20.4 Å².